The van der Waals surface area contributed by atoms with Gasteiger partial charge in [-0.1, -0.05) is 26.0 Å². The van der Waals surface area contributed by atoms with E-state index >= 15 is 0 Å². The van der Waals surface area contributed by atoms with Crippen LogP contribution in [0.4, 0.5) is 5.69 Å². The van der Waals surface area contributed by atoms with Crippen LogP contribution in [-0.2, 0) is 0 Å². The van der Waals surface area contributed by atoms with E-state index in [2.05, 4.69) is 24.1 Å². The van der Waals surface area contributed by atoms with Gasteiger partial charge in [0.1, 0.15) is 6.17 Å². The zero-order valence-corrected chi connectivity index (χ0v) is 11.0. The van der Waals surface area contributed by atoms with E-state index in [1.54, 1.807) is 0 Å². The van der Waals surface area contributed by atoms with Gasteiger partial charge in [0.25, 0.3) is 5.91 Å². The zero-order chi connectivity index (χ0) is 12.7. The van der Waals surface area contributed by atoms with Crippen LogP contribution in [0.15, 0.2) is 24.3 Å². The van der Waals surface area contributed by atoms with Gasteiger partial charge < -0.3 is 10.2 Å². The predicted molar refractivity (Wildman–Crippen MR) is 72.5 cm³/mol. The summed E-state index contributed by atoms with van der Waals surface area (Å²) in [6.07, 6.45) is 3.49. The number of para-hydroxylation sites is 1. The highest BCUT2D eigenvalue weighted by molar-refractivity contribution is 6.01. The Morgan fingerprint density at radius 3 is 2.72 bits per heavy atom. The Morgan fingerprint density at radius 1 is 1.33 bits per heavy atom. The fourth-order valence-corrected chi connectivity index (χ4v) is 2.72. The number of benzene rings is 1. The number of hydrogen-bond acceptors (Lipinski definition) is 2. The maximum absolute atomic E-state index is 12.6. The van der Waals surface area contributed by atoms with Gasteiger partial charge in [-0.3, -0.25) is 4.79 Å². The molecule has 3 nitrogen and oxygen atoms in total. The van der Waals surface area contributed by atoms with Gasteiger partial charge in [0, 0.05) is 11.7 Å². The molecule has 1 aromatic carbocycles. The fraction of sp³-hybridized carbons (Fsp3) is 0.533. The van der Waals surface area contributed by atoms with Crippen LogP contribution in [0.1, 0.15) is 43.5 Å². The molecule has 1 amide bonds. The van der Waals surface area contributed by atoms with Gasteiger partial charge in [0.2, 0.25) is 0 Å². The lowest BCUT2D eigenvalue weighted by atomic mass is 10.0. The molecule has 0 saturated heterocycles. The Balaban J connectivity index is 1.93. The predicted octanol–water partition coefficient (Wildman–Crippen LogP) is 3.09. The molecule has 3 rings (SSSR count). The molecule has 1 aromatic rings. The quantitative estimate of drug-likeness (QED) is 0.886. The van der Waals surface area contributed by atoms with E-state index in [1.807, 2.05) is 24.3 Å². The molecule has 2 aliphatic rings. The molecule has 1 atom stereocenters. The Morgan fingerprint density at radius 2 is 2.06 bits per heavy atom. The van der Waals surface area contributed by atoms with E-state index in [-0.39, 0.29) is 12.1 Å². The van der Waals surface area contributed by atoms with Crippen LogP contribution in [0.25, 0.3) is 0 Å². The molecule has 1 unspecified atom stereocenters. The largest absolute Gasteiger partial charge is 0.364 e. The lowest BCUT2D eigenvalue weighted by Crippen LogP contribution is -2.50. The molecule has 1 N–H and O–H groups in total. The third-order valence-corrected chi connectivity index (χ3v) is 3.68. The van der Waals surface area contributed by atoms with Gasteiger partial charge in [0.15, 0.2) is 0 Å². The molecule has 3 heteroatoms. The van der Waals surface area contributed by atoms with Crippen LogP contribution >= 0.6 is 0 Å². The summed E-state index contributed by atoms with van der Waals surface area (Å²) in [5.41, 5.74) is 1.81. The van der Waals surface area contributed by atoms with Crippen molar-refractivity contribution in [2.45, 2.75) is 45.3 Å². The highest BCUT2D eigenvalue weighted by Crippen LogP contribution is 2.36. The Bertz CT molecular complexity index is 465. The summed E-state index contributed by atoms with van der Waals surface area (Å²) in [6, 6.07) is 8.31. The minimum absolute atomic E-state index is 0.167. The maximum Gasteiger partial charge on any atom is 0.257 e. The third kappa shape index (κ3) is 1.98. The number of nitrogens with one attached hydrogen (secondary N) is 1. The van der Waals surface area contributed by atoms with E-state index in [0.717, 1.165) is 30.5 Å². The minimum Gasteiger partial charge on any atom is -0.364 e. The second-order valence-corrected chi connectivity index (χ2v) is 5.78. The van der Waals surface area contributed by atoms with E-state index in [0.29, 0.717) is 12.0 Å². The van der Waals surface area contributed by atoms with Gasteiger partial charge in [-0.2, -0.15) is 0 Å². The highest BCUT2D eigenvalue weighted by atomic mass is 16.2. The van der Waals surface area contributed by atoms with Gasteiger partial charge in [0.05, 0.1) is 5.56 Å². The number of hydrogen-bond donors (Lipinski definition) is 1. The number of anilines is 1. The molecule has 1 aliphatic heterocycles. The average molecular weight is 244 g/mol. The SMILES string of the molecule is CC(C)CC1Nc2ccccc2C(=O)N1C1CC1. The van der Waals surface area contributed by atoms with Crippen LogP contribution in [-0.4, -0.2) is 23.0 Å². The number of fused-ring (bicyclic) bond motifs is 1. The van der Waals surface area contributed by atoms with Gasteiger partial charge >= 0.3 is 0 Å². The Labute approximate surface area is 108 Å². The molecule has 1 fully saturated rings. The summed E-state index contributed by atoms with van der Waals surface area (Å²) in [7, 11) is 0. The molecule has 1 aliphatic carbocycles. The molecule has 0 bridgehead atoms. The van der Waals surface area contributed by atoms with E-state index in [1.165, 1.54) is 0 Å². The second kappa shape index (κ2) is 4.30. The molecule has 96 valence electrons. The second-order valence-electron chi connectivity index (χ2n) is 5.78. The smallest absolute Gasteiger partial charge is 0.257 e. The van der Waals surface area contributed by atoms with E-state index in [4.69, 9.17) is 0 Å². The van der Waals surface area contributed by atoms with Crippen molar-refractivity contribution in [1.82, 2.24) is 4.90 Å². The first-order valence-electron chi connectivity index (χ1n) is 6.85. The standard InChI is InChI=1S/C15H20N2O/c1-10(2)9-14-16-13-6-4-3-5-12(13)15(18)17(14)11-7-8-11/h3-6,10-11,14,16H,7-9H2,1-2H3. The van der Waals surface area contributed by atoms with Crippen molar-refractivity contribution in [3.05, 3.63) is 29.8 Å². The van der Waals surface area contributed by atoms with Crippen LogP contribution in [0.2, 0.25) is 0 Å². The number of carbonyl (C=O) groups is 1. The van der Waals surface area contributed by atoms with Gasteiger partial charge in [-0.05, 0) is 37.3 Å². The minimum atomic E-state index is 0.167. The van der Waals surface area contributed by atoms with Crippen molar-refractivity contribution in [1.29, 1.82) is 0 Å². The van der Waals surface area contributed by atoms with Crippen molar-refractivity contribution >= 4 is 11.6 Å². The van der Waals surface area contributed by atoms with Crippen molar-refractivity contribution in [3.8, 4) is 0 Å². The van der Waals surface area contributed by atoms with Gasteiger partial charge in [-0.15, -0.1) is 0 Å². The molecule has 0 spiro atoms. The summed E-state index contributed by atoms with van der Waals surface area (Å²) >= 11 is 0. The summed E-state index contributed by atoms with van der Waals surface area (Å²) in [4.78, 5) is 14.6. The van der Waals surface area contributed by atoms with Crippen LogP contribution in [0.3, 0.4) is 0 Å². The number of nitrogens with zero attached hydrogens (tertiary/aromatic N) is 1. The van der Waals surface area contributed by atoms with E-state index < -0.39 is 0 Å². The number of carbonyl (C=O) groups excluding carboxylic acids is 1. The fourth-order valence-electron chi connectivity index (χ4n) is 2.72. The summed E-state index contributed by atoms with van der Waals surface area (Å²) in [5.74, 6) is 0.791. The van der Waals surface area contributed by atoms with Crippen molar-refractivity contribution in [2.24, 2.45) is 5.92 Å². The molecular formula is C15H20N2O. The topological polar surface area (TPSA) is 32.3 Å². The maximum atomic E-state index is 12.6. The lowest BCUT2D eigenvalue weighted by molar-refractivity contribution is 0.0648. The molecule has 1 heterocycles. The van der Waals surface area contributed by atoms with Crippen molar-refractivity contribution < 1.29 is 4.79 Å². The number of amides is 1. The monoisotopic (exact) mass is 244 g/mol. The zero-order valence-electron chi connectivity index (χ0n) is 11.0. The highest BCUT2D eigenvalue weighted by Gasteiger charge is 2.41. The molecular weight excluding hydrogens is 224 g/mol. The first-order valence-corrected chi connectivity index (χ1v) is 6.85. The molecule has 1 saturated carbocycles. The first kappa shape index (κ1) is 11.6. The number of rotatable bonds is 3. The molecule has 0 aromatic heterocycles. The summed E-state index contributed by atoms with van der Waals surface area (Å²) < 4.78 is 0. The van der Waals surface area contributed by atoms with Crippen molar-refractivity contribution in [2.75, 3.05) is 5.32 Å². The lowest BCUT2D eigenvalue weighted by Gasteiger charge is -2.39. The average Bonchev–Trinajstić information content (AvgIpc) is 3.13. The molecule has 0 radical (unpaired) electrons. The van der Waals surface area contributed by atoms with Crippen LogP contribution in [0, 0.1) is 5.92 Å². The third-order valence-electron chi connectivity index (χ3n) is 3.68. The molecule has 18 heavy (non-hydrogen) atoms. The van der Waals surface area contributed by atoms with Crippen LogP contribution < -0.4 is 5.32 Å². The van der Waals surface area contributed by atoms with Gasteiger partial charge in [-0.25, -0.2) is 0 Å². The summed E-state index contributed by atoms with van der Waals surface area (Å²) in [5, 5.41) is 3.54. The Hall–Kier alpha value is -1.51. The first-order chi connectivity index (χ1) is 8.66. The van der Waals surface area contributed by atoms with E-state index in [9.17, 15) is 4.79 Å². The summed E-state index contributed by atoms with van der Waals surface area (Å²) in [6.45, 7) is 4.41. The van der Waals surface area contributed by atoms with Crippen molar-refractivity contribution in [3.63, 3.8) is 0 Å². The Kier molecular flexibility index (Phi) is 2.77. The normalized spacial score (nSPS) is 22.9. The van der Waals surface area contributed by atoms with Crippen LogP contribution in [0.5, 0.6) is 0 Å².